The van der Waals surface area contributed by atoms with Crippen molar-refractivity contribution in [2.45, 2.75) is 26.4 Å². The minimum Gasteiger partial charge on any atom is -0.491 e. The van der Waals surface area contributed by atoms with Crippen LogP contribution >= 0.6 is 0 Å². The lowest BCUT2D eigenvalue weighted by atomic mass is 10.2. The number of likely N-dealkylation sites (N-methyl/N-ethyl adjacent to an activating group) is 1. The molecule has 42 heavy (non-hydrogen) atoms. The first kappa shape index (κ1) is 38.0. The molecular weight excluding hydrogens is 550 g/mol. The number of para-hydroxylation sites is 1. The molecular formula is C30H53NO11. The van der Waals surface area contributed by atoms with Gasteiger partial charge in [0.15, 0.2) is 0 Å². The molecule has 0 bridgehead atoms. The van der Waals surface area contributed by atoms with Crippen LogP contribution in [-0.4, -0.2) is 143 Å². The smallest absolute Gasteiger partial charge is 0.410 e. The number of amides is 1. The molecule has 244 valence electrons. The molecule has 0 aromatic heterocycles. The van der Waals surface area contributed by atoms with E-state index >= 15 is 0 Å². The quantitative estimate of drug-likeness (QED) is 0.132. The molecule has 12 heteroatoms. The number of ether oxygens (including phenoxy) is 10. The summed E-state index contributed by atoms with van der Waals surface area (Å²) < 4.78 is 54.6. The molecule has 1 aromatic carbocycles. The second-order valence-corrected chi connectivity index (χ2v) is 9.96. The monoisotopic (exact) mass is 603 g/mol. The molecule has 0 fully saturated rings. The van der Waals surface area contributed by atoms with Crippen molar-refractivity contribution in [1.29, 1.82) is 0 Å². The summed E-state index contributed by atoms with van der Waals surface area (Å²) in [5.41, 5.74) is -0.507. The highest BCUT2D eigenvalue weighted by atomic mass is 16.6. The third kappa shape index (κ3) is 25.7. The summed E-state index contributed by atoms with van der Waals surface area (Å²) in [6.45, 7) is 14.4. The molecule has 0 aliphatic carbocycles. The fourth-order valence-corrected chi connectivity index (χ4v) is 3.01. The number of carbonyl (C=O) groups is 1. The fraction of sp³-hybridized carbons (Fsp3) is 0.767. The number of hydrogen-bond acceptors (Lipinski definition) is 11. The molecule has 0 unspecified atom stereocenters. The molecule has 1 rings (SSSR count). The Morgan fingerprint density at radius 2 is 0.881 bits per heavy atom. The number of nitrogens with zero attached hydrogens (tertiary/aromatic N) is 1. The molecule has 0 radical (unpaired) electrons. The molecule has 0 saturated carbocycles. The van der Waals surface area contributed by atoms with Gasteiger partial charge >= 0.3 is 6.09 Å². The van der Waals surface area contributed by atoms with E-state index in [4.69, 9.17) is 47.4 Å². The summed E-state index contributed by atoms with van der Waals surface area (Å²) >= 11 is 0. The maximum Gasteiger partial charge on any atom is 0.410 e. The second-order valence-electron chi connectivity index (χ2n) is 9.96. The minimum absolute atomic E-state index is 0.362. The summed E-state index contributed by atoms with van der Waals surface area (Å²) in [5, 5.41) is 0. The molecule has 1 amide bonds. The fourth-order valence-electron chi connectivity index (χ4n) is 3.01. The summed E-state index contributed by atoms with van der Waals surface area (Å²) in [6.07, 6.45) is -0.362. The Labute approximate surface area is 251 Å². The standard InChI is InChI=1S/C30H53NO11/c1-30(2,3)42-29(32)31(4)10-11-33-12-13-34-14-15-35-16-17-36-18-19-37-20-21-38-22-23-39-24-25-40-26-27-41-28-8-6-5-7-9-28/h5-9H,10-27H2,1-4H3. The van der Waals surface area contributed by atoms with Crippen molar-refractivity contribution in [1.82, 2.24) is 4.90 Å². The van der Waals surface area contributed by atoms with Crippen LogP contribution in [0, 0.1) is 0 Å². The van der Waals surface area contributed by atoms with Crippen LogP contribution in [0.2, 0.25) is 0 Å². The molecule has 0 spiro atoms. The van der Waals surface area contributed by atoms with Crippen molar-refractivity contribution in [2.24, 2.45) is 0 Å². The van der Waals surface area contributed by atoms with Gasteiger partial charge in [-0.2, -0.15) is 0 Å². The Morgan fingerprint density at radius 1 is 0.548 bits per heavy atom. The lowest BCUT2D eigenvalue weighted by Crippen LogP contribution is -2.36. The zero-order valence-electron chi connectivity index (χ0n) is 26.1. The van der Waals surface area contributed by atoms with E-state index in [9.17, 15) is 4.79 Å². The van der Waals surface area contributed by atoms with E-state index in [1.807, 2.05) is 51.1 Å². The van der Waals surface area contributed by atoms with Gasteiger partial charge in [-0.05, 0) is 32.9 Å². The number of hydrogen-bond donors (Lipinski definition) is 0. The van der Waals surface area contributed by atoms with Crippen molar-refractivity contribution in [2.75, 3.05) is 126 Å². The predicted octanol–water partition coefficient (Wildman–Crippen LogP) is 3.07. The molecule has 0 aliphatic heterocycles. The van der Waals surface area contributed by atoms with Gasteiger partial charge in [-0.3, -0.25) is 0 Å². The number of benzene rings is 1. The van der Waals surface area contributed by atoms with Gasteiger partial charge in [0.1, 0.15) is 18.0 Å². The second kappa shape index (κ2) is 26.6. The van der Waals surface area contributed by atoms with E-state index in [0.717, 1.165) is 5.75 Å². The molecule has 0 atom stereocenters. The Kier molecular flexibility index (Phi) is 24.1. The van der Waals surface area contributed by atoms with Crippen LogP contribution in [0.3, 0.4) is 0 Å². The Hall–Kier alpha value is -2.03. The normalized spacial score (nSPS) is 11.5. The Balaban J connectivity index is 1.68. The van der Waals surface area contributed by atoms with Crippen LogP contribution in [0.5, 0.6) is 5.75 Å². The van der Waals surface area contributed by atoms with E-state index in [0.29, 0.717) is 119 Å². The van der Waals surface area contributed by atoms with E-state index in [1.165, 1.54) is 4.90 Å². The van der Waals surface area contributed by atoms with Crippen molar-refractivity contribution >= 4 is 6.09 Å². The zero-order valence-corrected chi connectivity index (χ0v) is 26.1. The van der Waals surface area contributed by atoms with E-state index < -0.39 is 5.60 Å². The van der Waals surface area contributed by atoms with Gasteiger partial charge in [0.2, 0.25) is 0 Å². The third-order valence-electron chi connectivity index (χ3n) is 5.12. The van der Waals surface area contributed by atoms with Crippen molar-refractivity contribution < 1.29 is 52.2 Å². The maximum absolute atomic E-state index is 11.8. The molecule has 0 heterocycles. The third-order valence-corrected chi connectivity index (χ3v) is 5.12. The van der Waals surface area contributed by atoms with E-state index in [-0.39, 0.29) is 6.09 Å². The average molecular weight is 604 g/mol. The summed E-state index contributed by atoms with van der Waals surface area (Å²) in [6, 6.07) is 9.66. The highest BCUT2D eigenvalue weighted by molar-refractivity contribution is 5.67. The Morgan fingerprint density at radius 3 is 1.24 bits per heavy atom. The van der Waals surface area contributed by atoms with Gasteiger partial charge in [0.25, 0.3) is 0 Å². The van der Waals surface area contributed by atoms with Crippen molar-refractivity contribution in [3.63, 3.8) is 0 Å². The Bertz CT molecular complexity index is 734. The molecule has 1 aromatic rings. The van der Waals surface area contributed by atoms with Crippen LogP contribution in [0.15, 0.2) is 30.3 Å². The van der Waals surface area contributed by atoms with Gasteiger partial charge < -0.3 is 52.3 Å². The first-order valence-corrected chi connectivity index (χ1v) is 14.6. The summed E-state index contributed by atoms with van der Waals surface area (Å²) in [4.78, 5) is 13.3. The van der Waals surface area contributed by atoms with Crippen LogP contribution in [0.1, 0.15) is 20.8 Å². The highest BCUT2D eigenvalue weighted by Crippen LogP contribution is 2.09. The lowest BCUT2D eigenvalue weighted by molar-refractivity contribution is -0.0241. The predicted molar refractivity (Wildman–Crippen MR) is 157 cm³/mol. The van der Waals surface area contributed by atoms with E-state index in [2.05, 4.69) is 0 Å². The van der Waals surface area contributed by atoms with Gasteiger partial charge in [-0.1, -0.05) is 18.2 Å². The maximum atomic E-state index is 11.8. The zero-order chi connectivity index (χ0) is 30.6. The molecule has 12 nitrogen and oxygen atoms in total. The lowest BCUT2D eigenvalue weighted by Gasteiger charge is -2.24. The molecule has 0 saturated heterocycles. The van der Waals surface area contributed by atoms with Crippen molar-refractivity contribution in [3.8, 4) is 5.75 Å². The number of carbonyl (C=O) groups excluding carboxylic acids is 1. The van der Waals surface area contributed by atoms with Crippen LogP contribution < -0.4 is 4.74 Å². The average Bonchev–Trinajstić information content (AvgIpc) is 2.96. The first-order valence-electron chi connectivity index (χ1n) is 14.6. The van der Waals surface area contributed by atoms with Gasteiger partial charge in [-0.25, -0.2) is 4.79 Å². The van der Waals surface area contributed by atoms with Gasteiger partial charge in [0.05, 0.1) is 106 Å². The minimum atomic E-state index is -0.507. The van der Waals surface area contributed by atoms with Crippen LogP contribution in [0.25, 0.3) is 0 Å². The number of rotatable bonds is 28. The van der Waals surface area contributed by atoms with Crippen LogP contribution in [-0.2, 0) is 42.6 Å². The van der Waals surface area contributed by atoms with E-state index in [1.54, 1.807) is 7.05 Å². The van der Waals surface area contributed by atoms with Gasteiger partial charge in [-0.15, -0.1) is 0 Å². The topological polar surface area (TPSA) is 113 Å². The summed E-state index contributed by atoms with van der Waals surface area (Å²) in [5.74, 6) is 0.841. The molecule has 0 aliphatic rings. The first-order chi connectivity index (χ1) is 20.4. The van der Waals surface area contributed by atoms with Gasteiger partial charge in [0, 0.05) is 13.6 Å². The largest absolute Gasteiger partial charge is 0.491 e. The summed E-state index contributed by atoms with van der Waals surface area (Å²) in [7, 11) is 1.68. The SMILES string of the molecule is CN(CCOCCOCCOCCOCCOCCOCCOCCOCCOc1ccccc1)C(=O)OC(C)(C)C. The highest BCUT2D eigenvalue weighted by Gasteiger charge is 2.19. The molecule has 0 N–H and O–H groups in total. The van der Waals surface area contributed by atoms with Crippen molar-refractivity contribution in [3.05, 3.63) is 30.3 Å². The van der Waals surface area contributed by atoms with Crippen LogP contribution in [0.4, 0.5) is 4.79 Å².